The average Bonchev–Trinajstić information content (AvgIpc) is 3.36. The normalized spacial score (nSPS) is 32.0. The third-order valence-corrected chi connectivity index (χ3v) is 6.22. The first-order valence-corrected chi connectivity index (χ1v) is 10.0. The zero-order valence-corrected chi connectivity index (χ0v) is 18.4. The fraction of sp³-hybridized carbons (Fsp3) is 0.737. The number of allylic oxidation sites excluding steroid dienone is 2. The van der Waals surface area contributed by atoms with Crippen LogP contribution in [0.1, 0.15) is 12.8 Å². The number of morpholine rings is 1. The Hall–Kier alpha value is -1.20. The van der Waals surface area contributed by atoms with E-state index < -0.39 is 0 Å². The molecule has 1 saturated carbocycles. The topological polar surface area (TPSA) is 100 Å². The van der Waals surface area contributed by atoms with E-state index in [2.05, 4.69) is 27.4 Å². The van der Waals surface area contributed by atoms with Crippen molar-refractivity contribution in [2.75, 3.05) is 52.5 Å². The van der Waals surface area contributed by atoms with Crippen molar-refractivity contribution in [3.63, 3.8) is 0 Å². The second kappa shape index (κ2) is 9.53. The first-order chi connectivity index (χ1) is 13.1. The Morgan fingerprint density at radius 2 is 1.79 bits per heavy atom. The molecule has 3 fully saturated rings. The number of carbonyl (C=O) groups is 2. The second-order valence-electron chi connectivity index (χ2n) is 7.83. The molecule has 2 aliphatic carbocycles. The van der Waals surface area contributed by atoms with Gasteiger partial charge in [-0.3, -0.25) is 24.4 Å². The van der Waals surface area contributed by atoms with Crippen molar-refractivity contribution in [2.24, 2.45) is 34.4 Å². The molecule has 2 heterocycles. The zero-order chi connectivity index (χ0) is 18.8. The highest BCUT2D eigenvalue weighted by Gasteiger charge is 2.58. The van der Waals surface area contributed by atoms with Gasteiger partial charge in [-0.1, -0.05) is 12.2 Å². The molecule has 2 saturated heterocycles. The highest BCUT2D eigenvalue weighted by molar-refractivity contribution is 14.0. The summed E-state index contributed by atoms with van der Waals surface area (Å²) in [6, 6.07) is 0. The zero-order valence-electron chi connectivity index (χ0n) is 16.1. The molecule has 0 spiro atoms. The SMILES string of the molecule is I.NC(=NCCCN1CCOCC1)NCCN1C(=O)C2C3C=CC(C3)C2C1=O. The van der Waals surface area contributed by atoms with Crippen LogP contribution < -0.4 is 11.1 Å². The van der Waals surface area contributed by atoms with Crippen molar-refractivity contribution in [1.82, 2.24) is 15.1 Å². The van der Waals surface area contributed by atoms with Crippen LogP contribution in [-0.2, 0) is 14.3 Å². The van der Waals surface area contributed by atoms with Gasteiger partial charge in [-0.25, -0.2) is 0 Å². The average molecular weight is 503 g/mol. The number of imide groups is 1. The van der Waals surface area contributed by atoms with Crippen LogP contribution in [-0.4, -0.2) is 80.1 Å². The lowest BCUT2D eigenvalue weighted by atomic mass is 9.85. The maximum absolute atomic E-state index is 12.6. The van der Waals surface area contributed by atoms with E-state index in [1.54, 1.807) is 0 Å². The lowest BCUT2D eigenvalue weighted by molar-refractivity contribution is -0.140. The number of ether oxygens (including phenoxy) is 1. The third-order valence-electron chi connectivity index (χ3n) is 6.22. The fourth-order valence-corrected chi connectivity index (χ4v) is 4.85. The Bertz CT molecular complexity index is 619. The highest BCUT2D eigenvalue weighted by Crippen LogP contribution is 2.52. The van der Waals surface area contributed by atoms with Gasteiger partial charge in [0.05, 0.1) is 25.0 Å². The number of likely N-dealkylation sites (tertiary alicyclic amines) is 1. The van der Waals surface area contributed by atoms with E-state index in [-0.39, 0.29) is 59.5 Å². The van der Waals surface area contributed by atoms with Gasteiger partial charge in [-0.15, -0.1) is 24.0 Å². The van der Waals surface area contributed by atoms with Gasteiger partial charge in [0.25, 0.3) is 0 Å². The molecule has 0 aromatic heterocycles. The van der Waals surface area contributed by atoms with Crippen molar-refractivity contribution in [3.8, 4) is 0 Å². The standard InChI is InChI=1S/C19H29N5O3.HI/c20-19(21-4-1-6-23-8-10-27-11-9-23)22-5-7-24-17(25)15-13-2-3-14(12-13)16(15)18(24)26;/h2-3,13-16H,1,4-12H2,(H3,20,21,22);1H. The van der Waals surface area contributed by atoms with E-state index in [1.807, 2.05) is 0 Å². The van der Waals surface area contributed by atoms with Gasteiger partial charge < -0.3 is 15.8 Å². The molecule has 0 aromatic rings. The Balaban J connectivity index is 0.00000225. The van der Waals surface area contributed by atoms with Crippen molar-refractivity contribution in [1.29, 1.82) is 0 Å². The summed E-state index contributed by atoms with van der Waals surface area (Å²) in [6.45, 7) is 6.03. The Morgan fingerprint density at radius 3 is 2.43 bits per heavy atom. The molecule has 0 aromatic carbocycles. The molecular weight excluding hydrogens is 473 g/mol. The summed E-state index contributed by atoms with van der Waals surface area (Å²) in [5.74, 6) is 0.616. The van der Waals surface area contributed by atoms with Gasteiger partial charge >= 0.3 is 0 Å². The molecule has 156 valence electrons. The van der Waals surface area contributed by atoms with Gasteiger partial charge in [0.2, 0.25) is 11.8 Å². The number of nitrogens with two attached hydrogens (primary N) is 1. The van der Waals surface area contributed by atoms with Gasteiger partial charge in [0, 0.05) is 39.3 Å². The number of hydrogen-bond donors (Lipinski definition) is 2. The number of amides is 2. The summed E-state index contributed by atoms with van der Waals surface area (Å²) in [4.78, 5) is 33.3. The number of hydrogen-bond acceptors (Lipinski definition) is 5. The number of carbonyl (C=O) groups excluding carboxylic acids is 2. The number of guanidine groups is 1. The maximum Gasteiger partial charge on any atom is 0.233 e. The summed E-state index contributed by atoms with van der Waals surface area (Å²) >= 11 is 0. The number of nitrogens with one attached hydrogen (secondary N) is 1. The number of halogens is 1. The maximum atomic E-state index is 12.6. The number of aliphatic imine (C=N–C) groups is 1. The minimum absolute atomic E-state index is 0. The highest BCUT2D eigenvalue weighted by atomic mass is 127. The van der Waals surface area contributed by atoms with Crippen LogP contribution in [0.5, 0.6) is 0 Å². The molecule has 2 bridgehead atoms. The second-order valence-corrected chi connectivity index (χ2v) is 7.83. The van der Waals surface area contributed by atoms with E-state index in [0.717, 1.165) is 45.7 Å². The van der Waals surface area contributed by atoms with Crippen LogP contribution in [0, 0.1) is 23.7 Å². The molecular formula is C19H30IN5O3. The van der Waals surface area contributed by atoms with Crippen LogP contribution in [0.3, 0.4) is 0 Å². The Morgan fingerprint density at radius 1 is 1.14 bits per heavy atom. The van der Waals surface area contributed by atoms with Gasteiger partial charge in [-0.05, 0) is 24.7 Å². The Labute approximate surface area is 182 Å². The molecule has 0 radical (unpaired) electrons. The summed E-state index contributed by atoms with van der Waals surface area (Å²) in [5.41, 5.74) is 5.90. The van der Waals surface area contributed by atoms with Crippen LogP contribution >= 0.6 is 24.0 Å². The predicted molar refractivity (Wildman–Crippen MR) is 116 cm³/mol. The number of fused-ring (bicyclic) bond motifs is 5. The van der Waals surface area contributed by atoms with E-state index in [9.17, 15) is 9.59 Å². The monoisotopic (exact) mass is 503 g/mol. The van der Waals surface area contributed by atoms with Gasteiger partial charge in [-0.2, -0.15) is 0 Å². The van der Waals surface area contributed by atoms with Crippen molar-refractivity contribution in [3.05, 3.63) is 12.2 Å². The molecule has 9 heteroatoms. The van der Waals surface area contributed by atoms with E-state index in [4.69, 9.17) is 10.5 Å². The smallest absolute Gasteiger partial charge is 0.233 e. The van der Waals surface area contributed by atoms with Crippen molar-refractivity contribution in [2.45, 2.75) is 12.8 Å². The first-order valence-electron chi connectivity index (χ1n) is 10.0. The number of nitrogens with zero attached hydrogens (tertiary/aromatic N) is 3. The molecule has 28 heavy (non-hydrogen) atoms. The van der Waals surface area contributed by atoms with Gasteiger partial charge in [0.1, 0.15) is 0 Å². The molecule has 2 aliphatic heterocycles. The van der Waals surface area contributed by atoms with Gasteiger partial charge in [0.15, 0.2) is 5.96 Å². The molecule has 4 atom stereocenters. The minimum atomic E-state index is -0.126. The number of rotatable bonds is 7. The summed E-state index contributed by atoms with van der Waals surface area (Å²) in [6.07, 6.45) is 6.13. The molecule has 3 N–H and O–H groups in total. The molecule has 2 amide bonds. The van der Waals surface area contributed by atoms with Crippen LogP contribution in [0.25, 0.3) is 0 Å². The molecule has 4 aliphatic rings. The lowest BCUT2D eigenvalue weighted by Crippen LogP contribution is -2.42. The third kappa shape index (κ3) is 4.35. The van der Waals surface area contributed by atoms with E-state index in [0.29, 0.717) is 25.6 Å². The fourth-order valence-electron chi connectivity index (χ4n) is 4.85. The quantitative estimate of drug-likeness (QED) is 0.127. The summed E-state index contributed by atoms with van der Waals surface area (Å²) in [5, 5.41) is 3.03. The largest absolute Gasteiger partial charge is 0.379 e. The summed E-state index contributed by atoms with van der Waals surface area (Å²) < 4.78 is 5.33. The van der Waals surface area contributed by atoms with Crippen molar-refractivity contribution >= 4 is 41.8 Å². The van der Waals surface area contributed by atoms with Crippen LogP contribution in [0.2, 0.25) is 0 Å². The van der Waals surface area contributed by atoms with Crippen LogP contribution in [0.4, 0.5) is 0 Å². The Kier molecular flexibility index (Phi) is 7.32. The van der Waals surface area contributed by atoms with E-state index >= 15 is 0 Å². The van der Waals surface area contributed by atoms with Crippen LogP contribution in [0.15, 0.2) is 17.1 Å². The predicted octanol–water partition coefficient (Wildman–Crippen LogP) is 0.0381. The van der Waals surface area contributed by atoms with E-state index in [1.165, 1.54) is 4.90 Å². The summed E-state index contributed by atoms with van der Waals surface area (Å²) in [7, 11) is 0. The molecule has 4 rings (SSSR count). The molecule has 8 nitrogen and oxygen atoms in total. The molecule has 4 unspecified atom stereocenters. The lowest BCUT2D eigenvalue weighted by Gasteiger charge is -2.26. The first kappa shape index (κ1) is 21.5. The van der Waals surface area contributed by atoms with Crippen molar-refractivity contribution < 1.29 is 14.3 Å². The minimum Gasteiger partial charge on any atom is -0.379 e.